The fourth-order valence-corrected chi connectivity index (χ4v) is 18.1. The van der Waals surface area contributed by atoms with E-state index < -0.39 is 18.6 Å². The summed E-state index contributed by atoms with van der Waals surface area (Å²) in [5.74, 6) is 0. The molecule has 0 heterocycles. The monoisotopic (exact) mass is 546 g/mol. The van der Waals surface area contributed by atoms with Gasteiger partial charge in [0.2, 0.25) is 0 Å². The molecule has 0 radical (unpaired) electrons. The first-order valence-corrected chi connectivity index (χ1v) is 18.7. The van der Waals surface area contributed by atoms with Crippen molar-refractivity contribution in [2.24, 2.45) is 0 Å². The van der Waals surface area contributed by atoms with Crippen LogP contribution in [0.2, 0.25) is 0 Å². The van der Waals surface area contributed by atoms with Gasteiger partial charge in [0, 0.05) is 28.4 Å². The van der Waals surface area contributed by atoms with Crippen molar-refractivity contribution in [2.75, 3.05) is 28.4 Å². The van der Waals surface area contributed by atoms with E-state index in [-0.39, 0.29) is 0 Å². The molecular weight excluding hydrogens is 513 g/mol. The van der Waals surface area contributed by atoms with Crippen molar-refractivity contribution in [2.45, 2.75) is 35.4 Å². The van der Waals surface area contributed by atoms with Crippen LogP contribution in [-0.2, 0) is 30.5 Å². The Hall–Kier alpha value is 0.114. The van der Waals surface area contributed by atoms with Crippen LogP contribution in [-0.4, -0.2) is 56.8 Å². The molecule has 0 N–H and O–H groups in total. The van der Waals surface area contributed by atoms with Crippen LogP contribution in [0.1, 0.15) is 24.0 Å². The van der Waals surface area contributed by atoms with Gasteiger partial charge in [-0.3, -0.25) is 0 Å². The van der Waals surface area contributed by atoms with Crippen LogP contribution in [0.4, 0.5) is 0 Å². The molecule has 4 nitrogen and oxygen atoms in total. The molecule has 0 spiro atoms. The van der Waals surface area contributed by atoms with E-state index in [4.69, 9.17) is 17.7 Å². The highest BCUT2D eigenvalue weighted by molar-refractivity contribution is 9.26. The quantitative estimate of drug-likeness (QED) is 0.141. The van der Waals surface area contributed by atoms with Crippen molar-refractivity contribution < 1.29 is 17.7 Å². The van der Waals surface area contributed by atoms with Crippen molar-refractivity contribution >= 4 is 59.8 Å². The second-order valence-corrected chi connectivity index (χ2v) is 19.4. The number of hydrogen-bond acceptors (Lipinski definition) is 8. The van der Waals surface area contributed by atoms with Crippen LogP contribution >= 0.6 is 41.2 Å². The lowest BCUT2D eigenvalue weighted by Crippen LogP contribution is -2.33. The zero-order valence-electron chi connectivity index (χ0n) is 19.2. The van der Waals surface area contributed by atoms with Crippen molar-refractivity contribution in [3.63, 3.8) is 0 Å². The molecule has 0 aliphatic heterocycles. The number of hydrogen-bond donors (Lipinski definition) is 0. The highest BCUT2D eigenvalue weighted by Crippen LogP contribution is 2.49. The molecule has 32 heavy (non-hydrogen) atoms. The van der Waals surface area contributed by atoms with Crippen LogP contribution < -0.4 is 0 Å². The smallest absolute Gasteiger partial charge is 0.335 e. The van der Waals surface area contributed by atoms with Gasteiger partial charge in [0.1, 0.15) is 0 Å². The van der Waals surface area contributed by atoms with Gasteiger partial charge in [-0.2, -0.15) is 0 Å². The minimum Gasteiger partial charge on any atom is -0.399 e. The molecule has 0 saturated carbocycles. The van der Waals surface area contributed by atoms with Gasteiger partial charge in [0.15, 0.2) is 0 Å². The van der Waals surface area contributed by atoms with E-state index in [2.05, 4.69) is 60.7 Å². The Balaban J connectivity index is 1.85. The Morgan fingerprint density at radius 1 is 0.594 bits per heavy atom. The summed E-state index contributed by atoms with van der Waals surface area (Å²) in [6, 6.07) is 21.3. The predicted octanol–water partition coefficient (Wildman–Crippen LogP) is 5.77. The molecule has 2 aromatic rings. The third-order valence-corrected chi connectivity index (χ3v) is 18.8. The Bertz CT molecular complexity index is 648. The normalized spacial score (nSPS) is 13.6. The second kappa shape index (κ2) is 17.5. The topological polar surface area (TPSA) is 36.9 Å². The number of aryl methyl sites for hydroxylation is 2. The van der Waals surface area contributed by atoms with Gasteiger partial charge in [0.05, 0.1) is 9.75 Å². The molecule has 0 bridgehead atoms. The van der Waals surface area contributed by atoms with Crippen LogP contribution in [0.5, 0.6) is 0 Å². The Morgan fingerprint density at radius 2 is 0.938 bits per heavy atom. The fourth-order valence-electron chi connectivity index (χ4n) is 3.30. The molecule has 10 heteroatoms. The van der Waals surface area contributed by atoms with E-state index >= 15 is 0 Å². The molecule has 2 aromatic carbocycles. The first kappa shape index (κ1) is 28.4. The van der Waals surface area contributed by atoms with Gasteiger partial charge in [0.25, 0.3) is 0 Å². The minimum absolute atomic E-state index is 0.379. The summed E-state index contributed by atoms with van der Waals surface area (Å²) in [6.07, 6.45) is 4.18. The van der Waals surface area contributed by atoms with E-state index in [0.717, 1.165) is 25.7 Å². The molecule has 2 atom stereocenters. The van der Waals surface area contributed by atoms with Crippen LogP contribution in [0.25, 0.3) is 0 Å². The SMILES string of the molecule is CO[SiH](OC)C(CCc1ccccc1)SSSSC(CCc1ccccc1)[SiH](OC)OC. The Morgan fingerprint density at radius 3 is 1.25 bits per heavy atom. The fraction of sp³-hybridized carbons (Fsp3) is 0.455. The summed E-state index contributed by atoms with van der Waals surface area (Å²) in [6.45, 7) is 0. The zero-order valence-corrected chi connectivity index (χ0v) is 24.8. The standard InChI is InChI=1S/C22H34O4S4Si2/c1-23-31(24-2)21(17-15-19-11-7-5-8-12-19)27-29-30-28-22(32(25-3)26-4)18-16-20-13-9-6-10-14-20/h5-14,21-22,31-32H,15-18H2,1-4H3. The summed E-state index contributed by atoms with van der Waals surface area (Å²) in [7, 11) is 11.1. The lowest BCUT2D eigenvalue weighted by Gasteiger charge is -2.23. The molecule has 0 aliphatic rings. The average Bonchev–Trinajstić information content (AvgIpc) is 2.85. The Labute approximate surface area is 212 Å². The third kappa shape index (κ3) is 10.6. The van der Waals surface area contributed by atoms with Gasteiger partial charge >= 0.3 is 18.6 Å². The summed E-state index contributed by atoms with van der Waals surface area (Å²) >= 11 is 0. The largest absolute Gasteiger partial charge is 0.399 e. The molecule has 0 aliphatic carbocycles. The highest BCUT2D eigenvalue weighted by atomic mass is 33.7. The summed E-state index contributed by atoms with van der Waals surface area (Å²) < 4.78 is 22.9. The number of rotatable bonds is 17. The highest BCUT2D eigenvalue weighted by Gasteiger charge is 2.28. The van der Waals surface area contributed by atoms with Crippen molar-refractivity contribution in [1.82, 2.24) is 0 Å². The minimum atomic E-state index is -1.72. The van der Waals surface area contributed by atoms with Crippen molar-refractivity contribution in [3.8, 4) is 0 Å². The van der Waals surface area contributed by atoms with E-state index in [1.165, 1.54) is 11.1 Å². The van der Waals surface area contributed by atoms with Gasteiger partial charge in [-0.1, -0.05) is 82.3 Å². The predicted molar refractivity (Wildman–Crippen MR) is 150 cm³/mol. The van der Waals surface area contributed by atoms with Crippen LogP contribution in [0.3, 0.4) is 0 Å². The molecule has 0 aromatic heterocycles. The van der Waals surface area contributed by atoms with Crippen LogP contribution in [0, 0.1) is 0 Å². The first-order valence-electron chi connectivity index (χ1n) is 10.6. The summed E-state index contributed by atoms with van der Waals surface area (Å²) in [5.41, 5.74) is 2.72. The van der Waals surface area contributed by atoms with Gasteiger partial charge < -0.3 is 17.7 Å². The maximum atomic E-state index is 5.72. The first-order chi connectivity index (χ1) is 15.7. The summed E-state index contributed by atoms with van der Waals surface area (Å²) in [4.78, 5) is 0.757. The maximum Gasteiger partial charge on any atom is 0.335 e. The summed E-state index contributed by atoms with van der Waals surface area (Å²) in [5, 5.41) is 0. The Kier molecular flexibility index (Phi) is 15.5. The second-order valence-electron chi connectivity index (χ2n) is 7.13. The van der Waals surface area contributed by atoms with E-state index in [1.54, 1.807) is 28.4 Å². The van der Waals surface area contributed by atoms with E-state index in [0.29, 0.717) is 9.75 Å². The molecule has 0 fully saturated rings. The lowest BCUT2D eigenvalue weighted by atomic mass is 10.1. The lowest BCUT2D eigenvalue weighted by molar-refractivity contribution is 0.274. The van der Waals surface area contributed by atoms with Gasteiger partial charge in [-0.15, -0.1) is 0 Å². The third-order valence-electron chi connectivity index (χ3n) is 5.01. The molecule has 2 rings (SSSR count). The van der Waals surface area contributed by atoms with Gasteiger partial charge in [-0.25, -0.2) is 0 Å². The molecule has 2 unspecified atom stereocenters. The van der Waals surface area contributed by atoms with E-state index in [1.807, 2.05) is 41.2 Å². The molecular formula is C22H34O4S4Si2. The molecule has 0 amide bonds. The molecule has 0 saturated heterocycles. The van der Waals surface area contributed by atoms with Crippen molar-refractivity contribution in [1.29, 1.82) is 0 Å². The van der Waals surface area contributed by atoms with Gasteiger partial charge in [-0.05, 0) is 56.5 Å². The zero-order chi connectivity index (χ0) is 23.0. The molecule has 178 valence electrons. The maximum absolute atomic E-state index is 5.72. The van der Waals surface area contributed by atoms with Crippen LogP contribution in [0.15, 0.2) is 60.7 Å². The van der Waals surface area contributed by atoms with Crippen molar-refractivity contribution in [3.05, 3.63) is 71.8 Å². The number of benzene rings is 2. The van der Waals surface area contributed by atoms with E-state index in [9.17, 15) is 0 Å². The average molecular weight is 547 g/mol.